The Kier molecular flexibility index (Phi) is 5.33. The Labute approximate surface area is 141 Å². The molecule has 0 unspecified atom stereocenters. The van der Waals surface area contributed by atoms with E-state index in [4.69, 9.17) is 4.74 Å². The first-order valence-corrected chi connectivity index (χ1v) is 7.57. The first-order chi connectivity index (χ1) is 10.9. The maximum absolute atomic E-state index is 12.2. The van der Waals surface area contributed by atoms with E-state index in [0.717, 1.165) is 0 Å². The lowest BCUT2D eigenvalue weighted by molar-refractivity contribution is -0.384. The van der Waals surface area contributed by atoms with Crippen molar-refractivity contribution >= 4 is 33.1 Å². The van der Waals surface area contributed by atoms with Gasteiger partial charge in [-0.2, -0.15) is 0 Å². The number of hydrogen-bond acceptors (Lipinski definition) is 5. The number of nitrogens with zero attached hydrogens (tertiary/aromatic N) is 1. The maximum Gasteiger partial charge on any atom is 0.269 e. The summed E-state index contributed by atoms with van der Waals surface area (Å²) < 4.78 is 5.83. The fourth-order valence-electron chi connectivity index (χ4n) is 2.08. The van der Waals surface area contributed by atoms with Crippen molar-refractivity contribution < 1.29 is 14.5 Å². The van der Waals surface area contributed by atoms with Gasteiger partial charge < -0.3 is 10.1 Å². The molecule has 1 N–H and O–H groups in total. The third-order valence-electron chi connectivity index (χ3n) is 3.33. The molecule has 0 fully saturated rings. The number of rotatable bonds is 6. The van der Waals surface area contributed by atoms with Gasteiger partial charge in [0.25, 0.3) is 5.69 Å². The Hall–Kier alpha value is -2.41. The molecule has 2 rings (SSSR count). The minimum absolute atomic E-state index is 0.0264. The highest BCUT2D eigenvalue weighted by atomic mass is 79.9. The molecule has 23 heavy (non-hydrogen) atoms. The van der Waals surface area contributed by atoms with E-state index in [0.29, 0.717) is 27.0 Å². The van der Waals surface area contributed by atoms with E-state index in [9.17, 15) is 14.9 Å². The molecular formula is C16H15BrN2O4. The number of Topliss-reactive ketones (excluding diaryl/α,β-unsaturated/α-hetero) is 1. The Morgan fingerprint density at radius 1 is 1.30 bits per heavy atom. The summed E-state index contributed by atoms with van der Waals surface area (Å²) >= 11 is 3.34. The molecule has 0 atom stereocenters. The third kappa shape index (κ3) is 4.07. The van der Waals surface area contributed by atoms with E-state index in [1.807, 2.05) is 0 Å². The minimum Gasteiger partial charge on any atom is -0.496 e. The number of carbonyl (C=O) groups is 1. The predicted octanol–water partition coefficient (Wildman–Crippen LogP) is 3.97. The molecule has 0 bridgehead atoms. The molecule has 7 heteroatoms. The van der Waals surface area contributed by atoms with Gasteiger partial charge in [-0.15, -0.1) is 0 Å². The summed E-state index contributed by atoms with van der Waals surface area (Å²) in [7, 11) is 1.56. The van der Waals surface area contributed by atoms with Crippen LogP contribution in [0.4, 0.5) is 11.4 Å². The van der Waals surface area contributed by atoms with Crippen molar-refractivity contribution in [3.05, 3.63) is 62.1 Å². The van der Waals surface area contributed by atoms with Crippen molar-refractivity contribution in [3.8, 4) is 5.75 Å². The summed E-state index contributed by atoms with van der Waals surface area (Å²) in [5, 5.41) is 13.7. The third-order valence-corrected chi connectivity index (χ3v) is 3.95. The molecule has 2 aromatic rings. The standard InChI is InChI=1S/C16H15BrN2O4/c1-10-7-12(19(21)22)4-5-14(10)18-9-15(20)11-3-6-16(23-2)13(17)8-11/h3-8,18H,9H2,1-2H3. The van der Waals surface area contributed by atoms with E-state index in [1.54, 1.807) is 38.3 Å². The predicted molar refractivity (Wildman–Crippen MR) is 91.3 cm³/mol. The lowest BCUT2D eigenvalue weighted by Crippen LogP contribution is -2.14. The number of carbonyl (C=O) groups excluding carboxylic acids is 1. The van der Waals surface area contributed by atoms with Crippen molar-refractivity contribution in [2.45, 2.75) is 6.92 Å². The monoisotopic (exact) mass is 378 g/mol. The van der Waals surface area contributed by atoms with Gasteiger partial charge in [-0.25, -0.2) is 0 Å². The molecule has 0 heterocycles. The highest BCUT2D eigenvalue weighted by molar-refractivity contribution is 9.10. The highest BCUT2D eigenvalue weighted by Crippen LogP contribution is 2.26. The zero-order valence-electron chi connectivity index (χ0n) is 12.6. The molecule has 0 aliphatic carbocycles. The van der Waals surface area contributed by atoms with Crippen LogP contribution >= 0.6 is 15.9 Å². The van der Waals surface area contributed by atoms with Crippen LogP contribution in [0.2, 0.25) is 0 Å². The van der Waals surface area contributed by atoms with Gasteiger partial charge >= 0.3 is 0 Å². The zero-order valence-corrected chi connectivity index (χ0v) is 14.2. The molecule has 0 saturated heterocycles. The summed E-state index contributed by atoms with van der Waals surface area (Å²) in [4.78, 5) is 22.5. The lowest BCUT2D eigenvalue weighted by atomic mass is 10.1. The second-order valence-corrected chi connectivity index (χ2v) is 5.74. The Morgan fingerprint density at radius 2 is 2.04 bits per heavy atom. The van der Waals surface area contributed by atoms with Gasteiger partial charge in [0.2, 0.25) is 0 Å². The van der Waals surface area contributed by atoms with Crippen LogP contribution in [0.5, 0.6) is 5.75 Å². The van der Waals surface area contributed by atoms with Crippen LogP contribution in [0.15, 0.2) is 40.9 Å². The summed E-state index contributed by atoms with van der Waals surface area (Å²) in [5.74, 6) is 0.562. The Bertz CT molecular complexity index is 762. The molecular weight excluding hydrogens is 364 g/mol. The van der Waals surface area contributed by atoms with Crippen LogP contribution in [0, 0.1) is 17.0 Å². The van der Waals surface area contributed by atoms with E-state index in [-0.39, 0.29) is 18.0 Å². The van der Waals surface area contributed by atoms with E-state index in [2.05, 4.69) is 21.2 Å². The van der Waals surface area contributed by atoms with Crippen molar-refractivity contribution in [2.24, 2.45) is 0 Å². The van der Waals surface area contributed by atoms with Gasteiger partial charge in [-0.3, -0.25) is 14.9 Å². The average Bonchev–Trinajstić information content (AvgIpc) is 2.53. The lowest BCUT2D eigenvalue weighted by Gasteiger charge is -2.10. The van der Waals surface area contributed by atoms with Crippen molar-refractivity contribution in [2.75, 3.05) is 19.0 Å². The molecule has 0 spiro atoms. The number of halogens is 1. The second kappa shape index (κ2) is 7.23. The molecule has 0 aliphatic heterocycles. The van der Waals surface area contributed by atoms with E-state index < -0.39 is 4.92 Å². The Balaban J connectivity index is 2.07. The molecule has 0 aromatic heterocycles. The summed E-state index contributed by atoms with van der Waals surface area (Å²) in [5.41, 5.74) is 1.97. The molecule has 0 radical (unpaired) electrons. The second-order valence-electron chi connectivity index (χ2n) is 4.88. The topological polar surface area (TPSA) is 81.5 Å². The van der Waals surface area contributed by atoms with Crippen LogP contribution in [-0.2, 0) is 0 Å². The van der Waals surface area contributed by atoms with Crippen molar-refractivity contribution in [3.63, 3.8) is 0 Å². The number of ketones is 1. The Morgan fingerprint density at radius 3 is 2.61 bits per heavy atom. The fourth-order valence-corrected chi connectivity index (χ4v) is 2.62. The number of non-ortho nitro benzene ring substituents is 1. The number of ether oxygens (including phenoxy) is 1. The minimum atomic E-state index is -0.448. The van der Waals surface area contributed by atoms with Crippen LogP contribution < -0.4 is 10.1 Å². The van der Waals surface area contributed by atoms with E-state index in [1.165, 1.54) is 12.1 Å². The molecule has 0 amide bonds. The van der Waals surface area contributed by atoms with Gasteiger partial charge in [0.1, 0.15) is 5.75 Å². The smallest absolute Gasteiger partial charge is 0.269 e. The number of anilines is 1. The summed E-state index contributed by atoms with van der Waals surface area (Å²) in [6.45, 7) is 1.85. The number of aryl methyl sites for hydroxylation is 1. The molecule has 0 aliphatic rings. The quantitative estimate of drug-likeness (QED) is 0.467. The molecule has 0 saturated carbocycles. The van der Waals surface area contributed by atoms with Gasteiger partial charge in [-0.1, -0.05) is 0 Å². The normalized spacial score (nSPS) is 10.2. The highest BCUT2D eigenvalue weighted by Gasteiger charge is 2.11. The van der Waals surface area contributed by atoms with E-state index >= 15 is 0 Å². The number of benzene rings is 2. The van der Waals surface area contributed by atoms with Crippen LogP contribution in [-0.4, -0.2) is 24.4 Å². The van der Waals surface area contributed by atoms with Crippen LogP contribution in [0.1, 0.15) is 15.9 Å². The number of nitro benzene ring substituents is 1. The summed E-state index contributed by atoms with van der Waals surface area (Å²) in [6.07, 6.45) is 0. The van der Waals surface area contributed by atoms with Crippen LogP contribution in [0.3, 0.4) is 0 Å². The molecule has 120 valence electrons. The number of methoxy groups -OCH3 is 1. The average molecular weight is 379 g/mol. The number of nitro groups is 1. The van der Waals surface area contributed by atoms with Crippen LogP contribution in [0.25, 0.3) is 0 Å². The number of nitrogens with one attached hydrogen (secondary N) is 1. The van der Waals surface area contributed by atoms with Crippen molar-refractivity contribution in [1.82, 2.24) is 0 Å². The summed E-state index contributed by atoms with van der Waals surface area (Å²) in [6, 6.07) is 9.58. The maximum atomic E-state index is 12.2. The van der Waals surface area contributed by atoms with Gasteiger partial charge in [-0.05, 0) is 52.7 Å². The first kappa shape index (κ1) is 17.0. The van der Waals surface area contributed by atoms with Gasteiger partial charge in [0, 0.05) is 23.4 Å². The number of hydrogen-bond donors (Lipinski definition) is 1. The fraction of sp³-hybridized carbons (Fsp3) is 0.188. The SMILES string of the molecule is COc1ccc(C(=O)CNc2ccc([N+](=O)[O-])cc2C)cc1Br. The molecule has 6 nitrogen and oxygen atoms in total. The van der Waals surface area contributed by atoms with Gasteiger partial charge in [0.05, 0.1) is 23.1 Å². The molecule has 2 aromatic carbocycles. The first-order valence-electron chi connectivity index (χ1n) is 6.78. The largest absolute Gasteiger partial charge is 0.496 e. The van der Waals surface area contributed by atoms with Gasteiger partial charge in [0.15, 0.2) is 5.78 Å². The van der Waals surface area contributed by atoms with Crippen molar-refractivity contribution in [1.29, 1.82) is 0 Å². The zero-order chi connectivity index (χ0) is 17.0.